The lowest BCUT2D eigenvalue weighted by molar-refractivity contribution is 0.591. The molecule has 0 aliphatic heterocycles. The zero-order valence-electron chi connectivity index (χ0n) is 13.5. The predicted molar refractivity (Wildman–Crippen MR) is 93.1 cm³/mol. The van der Waals surface area contributed by atoms with Gasteiger partial charge in [0.05, 0.1) is 22.9 Å². The minimum atomic E-state index is 0.0697. The lowest BCUT2D eigenvalue weighted by Gasteiger charge is -2.20. The van der Waals surface area contributed by atoms with Gasteiger partial charge < -0.3 is 4.57 Å². The molecule has 0 bridgehead atoms. The molecule has 0 radical (unpaired) electrons. The van der Waals surface area contributed by atoms with Crippen LogP contribution >= 0.6 is 0 Å². The Balaban J connectivity index is 2.02. The lowest BCUT2D eigenvalue weighted by Crippen LogP contribution is -2.11. The van der Waals surface area contributed by atoms with Gasteiger partial charge in [0, 0.05) is 7.05 Å². The third-order valence-electron chi connectivity index (χ3n) is 3.85. The molecule has 1 heterocycles. The van der Waals surface area contributed by atoms with Crippen molar-refractivity contribution in [3.05, 3.63) is 59.9 Å². The maximum absolute atomic E-state index is 4.69. The first-order valence-corrected chi connectivity index (χ1v) is 7.52. The Hall–Kier alpha value is -2.42. The molecule has 0 amide bonds. The molecule has 3 nitrogen and oxygen atoms in total. The molecule has 3 aromatic rings. The van der Waals surface area contributed by atoms with Gasteiger partial charge in [-0.2, -0.15) is 0 Å². The number of imidazole rings is 1. The number of hydrogen-bond acceptors (Lipinski definition) is 2. The SMILES string of the molecule is Cn1c(C=Nc2ccccc2C(C)(C)C)nc2ccccc21. The fourth-order valence-corrected chi connectivity index (χ4v) is 2.63. The molecule has 0 N–H and O–H groups in total. The smallest absolute Gasteiger partial charge is 0.152 e. The quantitative estimate of drug-likeness (QED) is 0.633. The maximum atomic E-state index is 4.69. The number of para-hydroxylation sites is 3. The van der Waals surface area contributed by atoms with E-state index in [9.17, 15) is 0 Å². The summed E-state index contributed by atoms with van der Waals surface area (Å²) in [6.07, 6.45) is 1.85. The second-order valence-electron chi connectivity index (χ2n) is 6.54. The third kappa shape index (κ3) is 2.67. The molecule has 22 heavy (non-hydrogen) atoms. The van der Waals surface area contributed by atoms with Gasteiger partial charge in [0.15, 0.2) is 5.82 Å². The van der Waals surface area contributed by atoms with E-state index in [2.05, 4.69) is 54.6 Å². The van der Waals surface area contributed by atoms with Crippen LogP contribution in [0.5, 0.6) is 0 Å². The van der Waals surface area contributed by atoms with Crippen LogP contribution in [-0.4, -0.2) is 15.8 Å². The summed E-state index contributed by atoms with van der Waals surface area (Å²) in [4.78, 5) is 9.32. The van der Waals surface area contributed by atoms with E-state index in [0.29, 0.717) is 0 Å². The topological polar surface area (TPSA) is 30.2 Å². The molecule has 3 rings (SSSR count). The highest BCUT2D eigenvalue weighted by Crippen LogP contribution is 2.31. The van der Waals surface area contributed by atoms with E-state index in [0.717, 1.165) is 22.5 Å². The highest BCUT2D eigenvalue weighted by molar-refractivity contribution is 5.86. The van der Waals surface area contributed by atoms with Crippen LogP contribution in [0, 0.1) is 0 Å². The zero-order chi connectivity index (χ0) is 15.7. The van der Waals surface area contributed by atoms with Crippen LogP contribution in [0.4, 0.5) is 5.69 Å². The van der Waals surface area contributed by atoms with E-state index in [1.165, 1.54) is 5.56 Å². The molecule has 0 aliphatic carbocycles. The first kappa shape index (κ1) is 14.5. The van der Waals surface area contributed by atoms with Gasteiger partial charge in [-0.3, -0.25) is 4.99 Å². The van der Waals surface area contributed by atoms with Gasteiger partial charge in [-0.15, -0.1) is 0 Å². The normalized spacial score (nSPS) is 12.4. The van der Waals surface area contributed by atoms with E-state index in [1.54, 1.807) is 0 Å². The minimum Gasteiger partial charge on any atom is -0.326 e. The largest absolute Gasteiger partial charge is 0.326 e. The molecule has 0 unspecified atom stereocenters. The molecular weight excluding hydrogens is 270 g/mol. The van der Waals surface area contributed by atoms with Crippen molar-refractivity contribution in [1.29, 1.82) is 0 Å². The molecule has 2 aromatic carbocycles. The van der Waals surface area contributed by atoms with Crippen LogP contribution in [-0.2, 0) is 12.5 Å². The first-order valence-electron chi connectivity index (χ1n) is 7.52. The van der Waals surface area contributed by atoms with Crippen LogP contribution in [0.3, 0.4) is 0 Å². The average molecular weight is 291 g/mol. The zero-order valence-corrected chi connectivity index (χ0v) is 13.5. The fraction of sp³-hybridized carbons (Fsp3) is 0.263. The molecule has 0 spiro atoms. The summed E-state index contributed by atoms with van der Waals surface area (Å²) in [7, 11) is 2.02. The Morgan fingerprint density at radius 2 is 1.68 bits per heavy atom. The number of rotatable bonds is 2. The summed E-state index contributed by atoms with van der Waals surface area (Å²) in [5.74, 6) is 0.866. The van der Waals surface area contributed by atoms with Gasteiger partial charge in [-0.1, -0.05) is 51.1 Å². The third-order valence-corrected chi connectivity index (χ3v) is 3.85. The Kier molecular flexibility index (Phi) is 3.57. The molecule has 0 saturated carbocycles. The Morgan fingerprint density at radius 3 is 2.41 bits per heavy atom. The summed E-state index contributed by atoms with van der Waals surface area (Å²) in [5.41, 5.74) is 4.43. The Morgan fingerprint density at radius 1 is 1.00 bits per heavy atom. The monoisotopic (exact) mass is 291 g/mol. The van der Waals surface area contributed by atoms with Crippen molar-refractivity contribution in [2.45, 2.75) is 26.2 Å². The summed E-state index contributed by atoms with van der Waals surface area (Å²) >= 11 is 0. The maximum Gasteiger partial charge on any atom is 0.152 e. The van der Waals surface area contributed by atoms with Gasteiger partial charge in [-0.25, -0.2) is 4.98 Å². The van der Waals surface area contributed by atoms with E-state index < -0.39 is 0 Å². The number of benzene rings is 2. The van der Waals surface area contributed by atoms with Crippen molar-refractivity contribution < 1.29 is 0 Å². The number of nitrogens with zero attached hydrogens (tertiary/aromatic N) is 3. The van der Waals surface area contributed by atoms with Gasteiger partial charge in [0.2, 0.25) is 0 Å². The summed E-state index contributed by atoms with van der Waals surface area (Å²) in [5, 5.41) is 0. The Labute approximate surface area is 131 Å². The predicted octanol–water partition coefficient (Wildman–Crippen LogP) is 4.62. The average Bonchev–Trinajstić information content (AvgIpc) is 2.81. The first-order chi connectivity index (χ1) is 10.5. The van der Waals surface area contributed by atoms with Crippen molar-refractivity contribution in [3.8, 4) is 0 Å². The van der Waals surface area contributed by atoms with E-state index in [1.807, 2.05) is 37.5 Å². The van der Waals surface area contributed by atoms with E-state index in [4.69, 9.17) is 4.99 Å². The summed E-state index contributed by atoms with van der Waals surface area (Å²) in [6, 6.07) is 16.4. The van der Waals surface area contributed by atoms with Crippen LogP contribution in [0.2, 0.25) is 0 Å². The fourth-order valence-electron chi connectivity index (χ4n) is 2.63. The van der Waals surface area contributed by atoms with Crippen molar-refractivity contribution in [3.63, 3.8) is 0 Å². The van der Waals surface area contributed by atoms with Crippen molar-refractivity contribution in [1.82, 2.24) is 9.55 Å². The summed E-state index contributed by atoms with van der Waals surface area (Å²) < 4.78 is 2.07. The van der Waals surface area contributed by atoms with E-state index in [-0.39, 0.29) is 5.41 Å². The Bertz CT molecular complexity index is 835. The van der Waals surface area contributed by atoms with Crippen molar-refractivity contribution in [2.24, 2.45) is 12.0 Å². The van der Waals surface area contributed by atoms with Gasteiger partial charge in [0.25, 0.3) is 0 Å². The molecule has 0 fully saturated rings. The minimum absolute atomic E-state index is 0.0697. The second-order valence-corrected chi connectivity index (χ2v) is 6.54. The van der Waals surface area contributed by atoms with Crippen LogP contribution in [0.25, 0.3) is 11.0 Å². The molecule has 112 valence electrons. The summed E-state index contributed by atoms with van der Waals surface area (Å²) in [6.45, 7) is 6.61. The van der Waals surface area contributed by atoms with Crippen LogP contribution < -0.4 is 0 Å². The highest BCUT2D eigenvalue weighted by atomic mass is 15.1. The number of aryl methyl sites for hydroxylation is 1. The van der Waals surface area contributed by atoms with Gasteiger partial charge >= 0.3 is 0 Å². The van der Waals surface area contributed by atoms with Crippen LogP contribution in [0.15, 0.2) is 53.5 Å². The molecular formula is C19H21N3. The van der Waals surface area contributed by atoms with Crippen molar-refractivity contribution >= 4 is 22.9 Å². The molecule has 1 aromatic heterocycles. The standard InChI is InChI=1S/C19H21N3/c1-19(2,3)14-9-5-6-10-15(14)20-13-18-21-16-11-7-8-12-17(16)22(18)4/h5-13H,1-4H3. The van der Waals surface area contributed by atoms with Crippen molar-refractivity contribution in [2.75, 3.05) is 0 Å². The molecule has 0 saturated heterocycles. The molecule has 3 heteroatoms. The molecule has 0 aliphatic rings. The second kappa shape index (κ2) is 5.41. The number of hydrogen-bond donors (Lipinski definition) is 0. The van der Waals surface area contributed by atoms with Gasteiger partial charge in [-0.05, 0) is 29.2 Å². The number of aliphatic imine (C=N–C) groups is 1. The lowest BCUT2D eigenvalue weighted by atomic mass is 9.86. The highest BCUT2D eigenvalue weighted by Gasteiger charge is 2.16. The van der Waals surface area contributed by atoms with E-state index >= 15 is 0 Å². The number of aromatic nitrogens is 2. The van der Waals surface area contributed by atoms with Gasteiger partial charge in [0.1, 0.15) is 0 Å². The molecule has 0 atom stereocenters. The number of fused-ring (bicyclic) bond motifs is 1. The van der Waals surface area contributed by atoms with Crippen LogP contribution in [0.1, 0.15) is 32.2 Å².